The highest BCUT2D eigenvalue weighted by Gasteiger charge is 2.09. The lowest BCUT2D eigenvalue weighted by molar-refractivity contribution is 0.612. The molecule has 6 heteroatoms. The Morgan fingerprint density at radius 1 is 1.33 bits per heavy atom. The summed E-state index contributed by atoms with van der Waals surface area (Å²) in [4.78, 5) is 7.68. The van der Waals surface area contributed by atoms with E-state index in [1.165, 1.54) is 17.9 Å². The SMILES string of the molecule is CCCC/C=C/N=C(\N=C\C/C=C/Cl)S(C)(=O)=O. The largest absolute Gasteiger partial charge is 0.246 e. The van der Waals surface area contributed by atoms with Crippen LogP contribution in [0.2, 0.25) is 0 Å². The number of allylic oxidation sites excluding steroid dienone is 2. The molecule has 0 fully saturated rings. The predicted molar refractivity (Wildman–Crippen MR) is 79.0 cm³/mol. The number of amidine groups is 1. The summed E-state index contributed by atoms with van der Waals surface area (Å²) in [5, 5.41) is -0.182. The van der Waals surface area contributed by atoms with E-state index < -0.39 is 9.84 Å². The summed E-state index contributed by atoms with van der Waals surface area (Å²) in [5.41, 5.74) is 1.36. The lowest BCUT2D eigenvalue weighted by atomic mass is 10.2. The smallest absolute Gasteiger partial charge is 0.231 e. The van der Waals surface area contributed by atoms with Gasteiger partial charge in [0.05, 0.1) is 0 Å². The van der Waals surface area contributed by atoms with Gasteiger partial charge in [-0.1, -0.05) is 43.5 Å². The molecule has 0 saturated heterocycles. The highest BCUT2D eigenvalue weighted by molar-refractivity contribution is 8.05. The van der Waals surface area contributed by atoms with Crippen LogP contribution in [0, 0.1) is 0 Å². The minimum absolute atomic E-state index is 0.182. The van der Waals surface area contributed by atoms with Gasteiger partial charge in [0.2, 0.25) is 15.0 Å². The summed E-state index contributed by atoms with van der Waals surface area (Å²) in [6, 6.07) is 0. The second kappa shape index (κ2) is 10.0. The maximum Gasteiger partial charge on any atom is 0.246 e. The van der Waals surface area contributed by atoms with Gasteiger partial charge >= 0.3 is 0 Å². The normalized spacial score (nSPS) is 14.3. The van der Waals surface area contributed by atoms with Gasteiger partial charge < -0.3 is 0 Å². The van der Waals surface area contributed by atoms with E-state index in [1.807, 2.05) is 6.08 Å². The quantitative estimate of drug-likeness (QED) is 0.428. The minimum Gasteiger partial charge on any atom is -0.231 e. The Bertz CT molecular complexity index is 437. The molecule has 0 spiro atoms. The van der Waals surface area contributed by atoms with Gasteiger partial charge in [0.15, 0.2) is 0 Å². The van der Waals surface area contributed by atoms with Gasteiger partial charge in [0.25, 0.3) is 0 Å². The number of nitrogens with zero attached hydrogens (tertiary/aromatic N) is 2. The van der Waals surface area contributed by atoms with Crippen LogP contribution in [-0.2, 0) is 9.84 Å². The van der Waals surface area contributed by atoms with Gasteiger partial charge in [-0.2, -0.15) is 0 Å². The molecule has 0 aliphatic rings. The zero-order valence-electron chi connectivity index (χ0n) is 10.7. The molecule has 0 heterocycles. The fourth-order valence-electron chi connectivity index (χ4n) is 0.981. The van der Waals surface area contributed by atoms with E-state index in [-0.39, 0.29) is 5.17 Å². The third-order valence-corrected chi connectivity index (χ3v) is 2.93. The van der Waals surface area contributed by atoms with E-state index in [2.05, 4.69) is 16.9 Å². The van der Waals surface area contributed by atoms with Crippen molar-refractivity contribution in [2.75, 3.05) is 6.26 Å². The van der Waals surface area contributed by atoms with Crippen LogP contribution in [0.15, 0.2) is 33.9 Å². The molecule has 4 nitrogen and oxygen atoms in total. The maximum atomic E-state index is 11.4. The molecule has 0 saturated carbocycles. The van der Waals surface area contributed by atoms with Crippen LogP contribution < -0.4 is 0 Å². The zero-order valence-corrected chi connectivity index (χ0v) is 12.3. The van der Waals surface area contributed by atoms with Crippen molar-refractivity contribution in [1.82, 2.24) is 0 Å². The lowest BCUT2D eigenvalue weighted by Crippen LogP contribution is -2.09. The van der Waals surface area contributed by atoms with E-state index in [0.29, 0.717) is 6.42 Å². The molecule has 0 unspecified atom stereocenters. The Morgan fingerprint density at radius 2 is 2.06 bits per heavy atom. The molecule has 102 valence electrons. The average Bonchev–Trinajstić information content (AvgIpc) is 2.30. The van der Waals surface area contributed by atoms with Crippen molar-refractivity contribution in [3.05, 3.63) is 23.9 Å². The van der Waals surface area contributed by atoms with E-state index in [0.717, 1.165) is 25.5 Å². The Hall–Kier alpha value is -0.940. The number of rotatable bonds is 6. The molecule has 0 aliphatic heterocycles. The molecule has 0 aromatic heterocycles. The van der Waals surface area contributed by atoms with Gasteiger partial charge in [0, 0.05) is 30.6 Å². The predicted octanol–water partition coefficient (Wildman–Crippen LogP) is 3.30. The molecule has 0 aromatic carbocycles. The van der Waals surface area contributed by atoms with Crippen molar-refractivity contribution in [2.45, 2.75) is 32.6 Å². The van der Waals surface area contributed by atoms with Crippen LogP contribution in [0.4, 0.5) is 0 Å². The summed E-state index contributed by atoms with van der Waals surface area (Å²) in [6.45, 7) is 2.09. The van der Waals surface area contributed by atoms with Crippen molar-refractivity contribution in [3.63, 3.8) is 0 Å². The molecule has 0 aliphatic carbocycles. The highest BCUT2D eigenvalue weighted by Crippen LogP contribution is 1.98. The Morgan fingerprint density at radius 3 is 2.61 bits per heavy atom. The third-order valence-electron chi connectivity index (χ3n) is 1.88. The highest BCUT2D eigenvalue weighted by atomic mass is 35.5. The van der Waals surface area contributed by atoms with Crippen LogP contribution in [-0.4, -0.2) is 26.1 Å². The van der Waals surface area contributed by atoms with Gasteiger partial charge in [-0.3, -0.25) is 0 Å². The third kappa shape index (κ3) is 9.13. The van der Waals surface area contributed by atoms with Crippen molar-refractivity contribution >= 4 is 32.8 Å². The number of halogens is 1. The first-order chi connectivity index (χ1) is 8.52. The topological polar surface area (TPSA) is 58.9 Å². The molecule has 0 amide bonds. The second-order valence-electron chi connectivity index (χ2n) is 3.62. The first kappa shape index (κ1) is 17.1. The number of unbranched alkanes of at least 4 members (excludes halogenated alkanes) is 2. The summed E-state index contributed by atoms with van der Waals surface area (Å²) < 4.78 is 22.8. The van der Waals surface area contributed by atoms with Crippen molar-refractivity contribution in [2.24, 2.45) is 9.98 Å². The fraction of sp³-hybridized carbons (Fsp3) is 0.500. The van der Waals surface area contributed by atoms with E-state index in [1.54, 1.807) is 6.08 Å². The zero-order chi connectivity index (χ0) is 13.9. The number of aliphatic imine (C=N–C) groups is 2. The summed E-state index contributed by atoms with van der Waals surface area (Å²) >= 11 is 5.34. The molecule has 0 bridgehead atoms. The fourth-order valence-corrected chi connectivity index (χ4v) is 1.60. The van der Waals surface area contributed by atoms with Crippen LogP contribution in [0.3, 0.4) is 0 Å². The van der Waals surface area contributed by atoms with Gasteiger partial charge in [-0.15, -0.1) is 0 Å². The lowest BCUT2D eigenvalue weighted by Gasteiger charge is -1.95. The summed E-state index contributed by atoms with van der Waals surface area (Å²) in [5.74, 6) is 0. The number of sulfone groups is 1. The Labute approximate surface area is 114 Å². The van der Waals surface area contributed by atoms with Crippen molar-refractivity contribution in [1.29, 1.82) is 0 Å². The maximum absolute atomic E-state index is 11.4. The average molecular weight is 291 g/mol. The van der Waals surface area contributed by atoms with E-state index >= 15 is 0 Å². The molecular weight excluding hydrogens is 272 g/mol. The minimum atomic E-state index is -3.40. The number of hydrogen-bond donors (Lipinski definition) is 0. The van der Waals surface area contributed by atoms with Crippen molar-refractivity contribution < 1.29 is 8.42 Å². The first-order valence-electron chi connectivity index (χ1n) is 5.73. The molecule has 0 radical (unpaired) electrons. The molecule has 0 atom stereocenters. The monoisotopic (exact) mass is 290 g/mol. The Balaban J connectivity index is 4.64. The van der Waals surface area contributed by atoms with Gasteiger partial charge in [0.1, 0.15) is 0 Å². The molecular formula is C12H19ClN2O2S. The Kier molecular flexibility index (Phi) is 9.50. The summed E-state index contributed by atoms with van der Waals surface area (Å²) in [7, 11) is -3.40. The van der Waals surface area contributed by atoms with Crippen LogP contribution in [0.1, 0.15) is 32.6 Å². The number of hydrogen-bond acceptors (Lipinski definition) is 3. The van der Waals surface area contributed by atoms with Gasteiger partial charge in [-0.25, -0.2) is 18.4 Å². The van der Waals surface area contributed by atoms with Crippen LogP contribution in [0.25, 0.3) is 0 Å². The van der Waals surface area contributed by atoms with Crippen LogP contribution >= 0.6 is 11.6 Å². The molecule has 0 aromatic rings. The molecule has 0 rings (SSSR count). The molecule has 0 N–H and O–H groups in total. The standard InChI is InChI=1S/C12H19ClN2O2S/c1-3-4-5-7-10-14-12(18(2,16)17)15-11-8-6-9-13/h6-7,9-11H,3-5,8H2,1-2H3/b9-6+,10-7+,14-12+,15-11+. The van der Waals surface area contributed by atoms with E-state index in [9.17, 15) is 8.42 Å². The molecule has 18 heavy (non-hydrogen) atoms. The van der Waals surface area contributed by atoms with Crippen molar-refractivity contribution in [3.8, 4) is 0 Å². The summed E-state index contributed by atoms with van der Waals surface area (Å²) in [6.07, 6.45) is 11.0. The first-order valence-corrected chi connectivity index (χ1v) is 8.05. The second-order valence-corrected chi connectivity index (χ2v) is 5.78. The van der Waals surface area contributed by atoms with E-state index in [4.69, 9.17) is 11.6 Å². The van der Waals surface area contributed by atoms with Gasteiger partial charge in [-0.05, 0) is 6.42 Å². The van der Waals surface area contributed by atoms with Crippen LogP contribution in [0.5, 0.6) is 0 Å².